The first-order chi connectivity index (χ1) is 17.2. The molecule has 3 amide bonds. The van der Waals surface area contributed by atoms with Gasteiger partial charge in [-0.1, -0.05) is 30.3 Å². The number of carbonyl (C=O) groups is 4. The molecule has 1 aromatic carbocycles. The number of amides is 3. The van der Waals surface area contributed by atoms with Crippen LogP contribution in [0.1, 0.15) is 31.0 Å². The molecule has 194 valence electrons. The third kappa shape index (κ3) is 6.89. The molecule has 12 nitrogen and oxygen atoms in total. The number of carbonyl (C=O) groups excluding carboxylic acids is 3. The fourth-order valence-corrected chi connectivity index (χ4v) is 4.20. The van der Waals surface area contributed by atoms with Crippen LogP contribution in [0.25, 0.3) is 0 Å². The normalized spacial score (nSPS) is 18.6. The Labute approximate surface area is 208 Å². The highest BCUT2D eigenvalue weighted by Gasteiger charge is 2.39. The van der Waals surface area contributed by atoms with Crippen molar-refractivity contribution in [3.63, 3.8) is 0 Å². The van der Waals surface area contributed by atoms with E-state index in [4.69, 9.17) is 5.73 Å². The molecule has 12 heteroatoms. The van der Waals surface area contributed by atoms with E-state index in [1.165, 1.54) is 18.2 Å². The second-order valence-corrected chi connectivity index (χ2v) is 8.89. The average Bonchev–Trinajstić information content (AvgIpc) is 3.54. The Bertz CT molecular complexity index is 1040. The summed E-state index contributed by atoms with van der Waals surface area (Å²) in [6.45, 7) is 1.65. The van der Waals surface area contributed by atoms with Crippen LogP contribution >= 0.6 is 0 Å². The Morgan fingerprint density at radius 1 is 1.19 bits per heavy atom. The van der Waals surface area contributed by atoms with E-state index < -0.39 is 54.0 Å². The SMILES string of the molecule is CC(O)C(NC(=O)C1CCCN1C(=O)C(N)Cc1cnc[nH]1)C(=O)NC(Cc1ccccc1)C(=O)O. The second kappa shape index (κ2) is 12.3. The zero-order valence-electron chi connectivity index (χ0n) is 20.0. The minimum absolute atomic E-state index is 0.0293. The molecule has 1 aliphatic rings. The number of aliphatic hydroxyl groups excluding tert-OH is 1. The van der Waals surface area contributed by atoms with E-state index in [1.54, 1.807) is 36.5 Å². The van der Waals surface area contributed by atoms with Gasteiger partial charge in [0.05, 0.1) is 18.5 Å². The van der Waals surface area contributed by atoms with E-state index in [0.29, 0.717) is 30.6 Å². The first-order valence-electron chi connectivity index (χ1n) is 11.8. The van der Waals surface area contributed by atoms with Gasteiger partial charge in [0.1, 0.15) is 18.1 Å². The van der Waals surface area contributed by atoms with Gasteiger partial charge in [-0.2, -0.15) is 0 Å². The maximum atomic E-state index is 13.1. The largest absolute Gasteiger partial charge is 0.480 e. The van der Waals surface area contributed by atoms with E-state index in [9.17, 15) is 29.4 Å². The molecule has 0 bridgehead atoms. The zero-order valence-corrected chi connectivity index (χ0v) is 20.0. The van der Waals surface area contributed by atoms with Crippen molar-refractivity contribution in [2.45, 2.75) is 62.9 Å². The number of aliphatic carboxylic acids is 1. The number of aromatic nitrogens is 2. The number of imidazole rings is 1. The molecule has 0 radical (unpaired) electrons. The summed E-state index contributed by atoms with van der Waals surface area (Å²) in [5.41, 5.74) is 7.45. The molecule has 1 aliphatic heterocycles. The number of likely N-dealkylation sites (tertiary alicyclic amines) is 1. The molecule has 0 saturated carbocycles. The second-order valence-electron chi connectivity index (χ2n) is 8.89. The summed E-state index contributed by atoms with van der Waals surface area (Å²) in [7, 11) is 0. The number of benzene rings is 1. The average molecular weight is 501 g/mol. The van der Waals surface area contributed by atoms with Gasteiger partial charge in [0.25, 0.3) is 0 Å². The van der Waals surface area contributed by atoms with Crippen LogP contribution in [0, 0.1) is 0 Å². The molecule has 36 heavy (non-hydrogen) atoms. The molecule has 2 aromatic rings. The van der Waals surface area contributed by atoms with Crippen molar-refractivity contribution in [3.05, 3.63) is 54.1 Å². The molecule has 5 unspecified atom stereocenters. The molecule has 1 saturated heterocycles. The highest BCUT2D eigenvalue weighted by molar-refractivity contribution is 5.94. The topological polar surface area (TPSA) is 191 Å². The lowest BCUT2D eigenvalue weighted by atomic mass is 10.0. The number of H-pyrrole nitrogens is 1. The molecular weight excluding hydrogens is 468 g/mol. The fraction of sp³-hybridized carbons (Fsp3) is 0.458. The van der Waals surface area contributed by atoms with E-state index in [1.807, 2.05) is 0 Å². The van der Waals surface area contributed by atoms with Gasteiger partial charge in [-0.05, 0) is 25.3 Å². The predicted octanol–water partition coefficient (Wildman–Crippen LogP) is -1.05. The number of hydrogen-bond donors (Lipinski definition) is 6. The highest BCUT2D eigenvalue weighted by atomic mass is 16.4. The maximum Gasteiger partial charge on any atom is 0.326 e. The van der Waals surface area contributed by atoms with Crippen LogP contribution in [0.4, 0.5) is 0 Å². The number of carboxylic acids is 1. The minimum atomic E-state index is -1.41. The number of nitrogens with one attached hydrogen (secondary N) is 3. The lowest BCUT2D eigenvalue weighted by Gasteiger charge is -2.29. The summed E-state index contributed by atoms with van der Waals surface area (Å²) in [5, 5.41) is 24.6. The molecule has 1 fully saturated rings. The summed E-state index contributed by atoms with van der Waals surface area (Å²) in [5.74, 6) is -3.12. The summed E-state index contributed by atoms with van der Waals surface area (Å²) in [6, 6.07) is 4.35. The zero-order chi connectivity index (χ0) is 26.2. The van der Waals surface area contributed by atoms with Crippen molar-refractivity contribution in [1.29, 1.82) is 0 Å². The van der Waals surface area contributed by atoms with E-state index in [0.717, 1.165) is 0 Å². The number of nitrogens with two attached hydrogens (primary N) is 1. The van der Waals surface area contributed by atoms with E-state index >= 15 is 0 Å². The van der Waals surface area contributed by atoms with Gasteiger partial charge < -0.3 is 36.5 Å². The van der Waals surface area contributed by atoms with Crippen molar-refractivity contribution in [1.82, 2.24) is 25.5 Å². The first-order valence-corrected chi connectivity index (χ1v) is 11.8. The van der Waals surface area contributed by atoms with Gasteiger partial charge >= 0.3 is 5.97 Å². The van der Waals surface area contributed by atoms with Crippen molar-refractivity contribution in [2.24, 2.45) is 5.73 Å². The number of nitrogens with zero attached hydrogens (tertiary/aromatic N) is 2. The summed E-state index contributed by atoms with van der Waals surface area (Å²) < 4.78 is 0. The number of aliphatic hydroxyl groups is 1. The van der Waals surface area contributed by atoms with Gasteiger partial charge in [-0.15, -0.1) is 0 Å². The molecule has 2 heterocycles. The Morgan fingerprint density at radius 3 is 2.53 bits per heavy atom. The number of aromatic amines is 1. The van der Waals surface area contributed by atoms with Crippen molar-refractivity contribution in [3.8, 4) is 0 Å². The monoisotopic (exact) mass is 500 g/mol. The Kier molecular flexibility index (Phi) is 9.14. The van der Waals surface area contributed by atoms with Crippen LogP contribution in [0.5, 0.6) is 0 Å². The smallest absolute Gasteiger partial charge is 0.326 e. The van der Waals surface area contributed by atoms with E-state index in [2.05, 4.69) is 20.6 Å². The molecule has 7 N–H and O–H groups in total. The van der Waals surface area contributed by atoms with Crippen molar-refractivity contribution < 1.29 is 29.4 Å². The summed E-state index contributed by atoms with van der Waals surface area (Å²) in [4.78, 5) is 58.8. The van der Waals surface area contributed by atoms with Crippen molar-refractivity contribution >= 4 is 23.7 Å². The fourth-order valence-electron chi connectivity index (χ4n) is 4.20. The maximum absolute atomic E-state index is 13.1. The van der Waals surface area contributed by atoms with Crippen LogP contribution in [0.15, 0.2) is 42.9 Å². The van der Waals surface area contributed by atoms with Crippen LogP contribution < -0.4 is 16.4 Å². The van der Waals surface area contributed by atoms with Crippen molar-refractivity contribution in [2.75, 3.05) is 6.54 Å². The third-order valence-electron chi connectivity index (χ3n) is 6.11. The van der Waals surface area contributed by atoms with Gasteiger partial charge in [0.2, 0.25) is 17.7 Å². The molecule has 3 rings (SSSR count). The first kappa shape index (κ1) is 26.8. The molecule has 1 aromatic heterocycles. The third-order valence-corrected chi connectivity index (χ3v) is 6.11. The lowest BCUT2D eigenvalue weighted by molar-refractivity contribution is -0.144. The van der Waals surface area contributed by atoms with Crippen LogP contribution in [-0.4, -0.2) is 85.6 Å². The van der Waals surface area contributed by atoms with Gasteiger partial charge in [0.15, 0.2) is 0 Å². The number of carboxylic acid groups (broad SMARTS) is 1. The van der Waals surface area contributed by atoms with Crippen LogP contribution in [-0.2, 0) is 32.0 Å². The van der Waals surface area contributed by atoms with E-state index in [-0.39, 0.29) is 12.8 Å². The Morgan fingerprint density at radius 2 is 1.92 bits per heavy atom. The summed E-state index contributed by atoms with van der Waals surface area (Å²) >= 11 is 0. The molecular formula is C24H32N6O6. The quantitative estimate of drug-likeness (QED) is 0.225. The molecule has 0 spiro atoms. The van der Waals surface area contributed by atoms with Crippen LogP contribution in [0.2, 0.25) is 0 Å². The number of rotatable bonds is 11. The number of hydrogen-bond acceptors (Lipinski definition) is 7. The van der Waals surface area contributed by atoms with Gasteiger partial charge in [0, 0.05) is 31.3 Å². The standard InChI is InChI=1S/C24H32N6O6/c1-14(31)20(22(33)28-18(24(35)36)10-15-6-3-2-4-7-15)29-21(32)19-8-5-9-30(19)23(34)17(25)11-16-12-26-13-27-16/h2-4,6-7,12-14,17-20,31H,5,8-11,25H2,1H3,(H,26,27)(H,28,33)(H,29,32)(H,35,36). The highest BCUT2D eigenvalue weighted by Crippen LogP contribution is 2.19. The lowest BCUT2D eigenvalue weighted by Crippen LogP contribution is -2.59. The Balaban J connectivity index is 1.64. The van der Waals surface area contributed by atoms with Gasteiger partial charge in [-0.3, -0.25) is 14.4 Å². The van der Waals surface area contributed by atoms with Gasteiger partial charge in [-0.25, -0.2) is 9.78 Å². The molecule has 5 atom stereocenters. The van der Waals surface area contributed by atoms with Crippen LogP contribution in [0.3, 0.4) is 0 Å². The molecule has 0 aliphatic carbocycles. The summed E-state index contributed by atoms with van der Waals surface area (Å²) in [6.07, 6.45) is 2.93. The predicted molar refractivity (Wildman–Crippen MR) is 128 cm³/mol. The minimum Gasteiger partial charge on any atom is -0.480 e. The Hall–Kier alpha value is -3.77.